The summed E-state index contributed by atoms with van der Waals surface area (Å²) in [5.74, 6) is 0.267. The zero-order chi connectivity index (χ0) is 21.8. The molecule has 2 N–H and O–H groups in total. The van der Waals surface area contributed by atoms with E-state index in [1.54, 1.807) is 6.07 Å². The lowest BCUT2D eigenvalue weighted by Crippen LogP contribution is -2.34. The summed E-state index contributed by atoms with van der Waals surface area (Å²) in [6, 6.07) is 13.9. The molecule has 2 aromatic carbocycles. The molecule has 0 aliphatic carbocycles. The van der Waals surface area contributed by atoms with Gasteiger partial charge in [0.05, 0.1) is 0 Å². The number of hydrogen-bond donors (Lipinski definition) is 1. The molecule has 7 heteroatoms. The summed E-state index contributed by atoms with van der Waals surface area (Å²) in [6.07, 6.45) is 3.11. The van der Waals surface area contributed by atoms with Crippen molar-refractivity contribution in [2.24, 2.45) is 0 Å². The molecule has 0 amide bonds. The molecule has 0 spiro atoms. The monoisotopic (exact) mass is 439 g/mol. The largest absolute Gasteiger partial charge is 0.492 e. The topological polar surface area (TPSA) is 68.5 Å². The summed E-state index contributed by atoms with van der Waals surface area (Å²) < 4.78 is 19.4. The minimum Gasteiger partial charge on any atom is -0.492 e. The van der Waals surface area contributed by atoms with Crippen LogP contribution in [0.4, 0.5) is 10.2 Å². The van der Waals surface area contributed by atoms with Crippen LogP contribution in [0.15, 0.2) is 48.5 Å². The maximum atomic E-state index is 13.4. The molecule has 1 aliphatic heterocycles. The molecule has 1 aliphatic rings. The molecule has 2 heterocycles. The first kappa shape index (κ1) is 21.5. The van der Waals surface area contributed by atoms with E-state index in [9.17, 15) is 9.18 Å². The first-order valence-electron chi connectivity index (χ1n) is 10.5. The van der Waals surface area contributed by atoms with E-state index in [2.05, 4.69) is 16.8 Å². The van der Waals surface area contributed by atoms with Crippen molar-refractivity contribution in [3.05, 3.63) is 75.4 Å². The third kappa shape index (κ3) is 5.29. The van der Waals surface area contributed by atoms with Gasteiger partial charge in [-0.25, -0.2) is 9.37 Å². The molecular formula is C24H26FN3O2S. The number of ether oxygens (including phenoxy) is 1. The molecule has 1 saturated heterocycles. The predicted octanol–water partition coefficient (Wildman–Crippen LogP) is 4.55. The van der Waals surface area contributed by atoms with Crippen molar-refractivity contribution in [2.75, 3.05) is 25.4 Å². The van der Waals surface area contributed by atoms with Crippen molar-refractivity contribution in [1.29, 1.82) is 0 Å². The van der Waals surface area contributed by atoms with Crippen molar-refractivity contribution < 1.29 is 13.9 Å². The standard InChI is InChI=1S/C24H26FN3O2S/c1-16(28-11-2-3-12-28)15-30-20-9-7-17(8-10-20)13-21-27-24(26)23(31-21)22(29)18-5-4-6-19(25)14-18/h4-10,14,16H,2-3,11-13,15,26H2,1H3/t16-/m1/s1. The van der Waals surface area contributed by atoms with Crippen LogP contribution in [0.25, 0.3) is 0 Å². The minimum absolute atomic E-state index is 0.185. The van der Waals surface area contributed by atoms with Crippen LogP contribution in [0.3, 0.4) is 0 Å². The highest BCUT2D eigenvalue weighted by Gasteiger charge is 2.19. The average molecular weight is 440 g/mol. The Morgan fingerprint density at radius 1 is 1.23 bits per heavy atom. The van der Waals surface area contributed by atoms with Crippen LogP contribution in [0.1, 0.15) is 45.6 Å². The molecule has 1 aromatic heterocycles. The third-order valence-corrected chi connectivity index (χ3v) is 6.59. The van der Waals surface area contributed by atoms with Gasteiger partial charge in [0.1, 0.15) is 33.9 Å². The number of aromatic nitrogens is 1. The second kappa shape index (κ2) is 9.58. The molecule has 0 bridgehead atoms. The molecule has 0 unspecified atom stereocenters. The predicted molar refractivity (Wildman–Crippen MR) is 121 cm³/mol. The van der Waals surface area contributed by atoms with E-state index in [1.165, 1.54) is 42.4 Å². The van der Waals surface area contributed by atoms with Gasteiger partial charge in [-0.1, -0.05) is 24.3 Å². The number of thiazole rings is 1. The Labute approximate surface area is 185 Å². The summed E-state index contributed by atoms with van der Waals surface area (Å²) in [5, 5.41) is 0.744. The molecule has 0 saturated carbocycles. The number of hydrogen-bond acceptors (Lipinski definition) is 6. The minimum atomic E-state index is -0.453. The van der Waals surface area contributed by atoms with Gasteiger partial charge in [-0.05, 0) is 62.7 Å². The number of nitrogens with two attached hydrogens (primary N) is 1. The Bertz CT molecular complexity index is 1050. The summed E-state index contributed by atoms with van der Waals surface area (Å²) in [5.41, 5.74) is 7.30. The lowest BCUT2D eigenvalue weighted by Gasteiger charge is -2.23. The average Bonchev–Trinajstić information content (AvgIpc) is 3.43. The van der Waals surface area contributed by atoms with E-state index in [1.807, 2.05) is 24.3 Å². The van der Waals surface area contributed by atoms with E-state index >= 15 is 0 Å². The van der Waals surface area contributed by atoms with E-state index in [-0.39, 0.29) is 17.2 Å². The maximum Gasteiger partial charge on any atom is 0.206 e. The number of ketones is 1. The zero-order valence-corrected chi connectivity index (χ0v) is 18.3. The maximum absolute atomic E-state index is 13.4. The molecule has 0 radical (unpaired) electrons. The van der Waals surface area contributed by atoms with Crippen molar-refractivity contribution in [1.82, 2.24) is 9.88 Å². The molecule has 5 nitrogen and oxygen atoms in total. The Balaban J connectivity index is 1.37. The number of carbonyl (C=O) groups excluding carboxylic acids is 1. The van der Waals surface area contributed by atoms with E-state index in [0.29, 0.717) is 23.9 Å². The molecule has 1 atom stereocenters. The smallest absolute Gasteiger partial charge is 0.206 e. The third-order valence-electron chi connectivity index (χ3n) is 5.52. The summed E-state index contributed by atoms with van der Waals surface area (Å²) in [6.45, 7) is 5.19. The van der Waals surface area contributed by atoms with Gasteiger partial charge in [-0.15, -0.1) is 11.3 Å². The van der Waals surface area contributed by atoms with Gasteiger partial charge in [0.15, 0.2) is 0 Å². The van der Waals surface area contributed by atoms with Gasteiger partial charge in [-0.3, -0.25) is 9.69 Å². The van der Waals surface area contributed by atoms with Crippen molar-refractivity contribution in [3.8, 4) is 5.75 Å². The van der Waals surface area contributed by atoms with Crippen LogP contribution in [0.2, 0.25) is 0 Å². The van der Waals surface area contributed by atoms with Crippen LogP contribution >= 0.6 is 11.3 Å². The molecule has 1 fully saturated rings. The molecular weight excluding hydrogens is 413 g/mol. The van der Waals surface area contributed by atoms with Crippen LogP contribution < -0.4 is 10.5 Å². The number of likely N-dealkylation sites (tertiary alicyclic amines) is 1. The van der Waals surface area contributed by atoms with Gasteiger partial charge in [0.25, 0.3) is 0 Å². The van der Waals surface area contributed by atoms with E-state index in [4.69, 9.17) is 10.5 Å². The van der Waals surface area contributed by atoms with Gasteiger partial charge in [-0.2, -0.15) is 0 Å². The van der Waals surface area contributed by atoms with Crippen molar-refractivity contribution in [2.45, 2.75) is 32.2 Å². The van der Waals surface area contributed by atoms with Gasteiger partial charge in [0.2, 0.25) is 5.78 Å². The summed E-state index contributed by atoms with van der Waals surface area (Å²) >= 11 is 1.25. The molecule has 31 heavy (non-hydrogen) atoms. The first-order chi connectivity index (χ1) is 15.0. The number of nitrogen functional groups attached to an aromatic ring is 1. The lowest BCUT2D eigenvalue weighted by atomic mass is 10.1. The fourth-order valence-corrected chi connectivity index (χ4v) is 4.74. The fourth-order valence-electron chi connectivity index (χ4n) is 3.76. The highest BCUT2D eigenvalue weighted by Crippen LogP contribution is 2.26. The zero-order valence-electron chi connectivity index (χ0n) is 17.5. The number of carbonyl (C=O) groups is 1. The van der Waals surface area contributed by atoms with Crippen LogP contribution in [0, 0.1) is 5.82 Å². The second-order valence-corrected chi connectivity index (χ2v) is 8.97. The van der Waals surface area contributed by atoms with Crippen LogP contribution in [0.5, 0.6) is 5.75 Å². The van der Waals surface area contributed by atoms with Crippen LogP contribution in [-0.2, 0) is 6.42 Å². The second-order valence-electron chi connectivity index (χ2n) is 7.89. The lowest BCUT2D eigenvalue weighted by molar-refractivity contribution is 0.104. The quantitative estimate of drug-likeness (QED) is 0.522. The number of benzene rings is 2. The van der Waals surface area contributed by atoms with Crippen molar-refractivity contribution in [3.63, 3.8) is 0 Å². The molecule has 3 aromatic rings. The Morgan fingerprint density at radius 3 is 2.68 bits per heavy atom. The molecule has 162 valence electrons. The fraction of sp³-hybridized carbons (Fsp3) is 0.333. The van der Waals surface area contributed by atoms with Gasteiger partial charge >= 0.3 is 0 Å². The Kier molecular flexibility index (Phi) is 6.63. The normalized spacial score (nSPS) is 15.2. The first-order valence-corrected chi connectivity index (χ1v) is 11.3. The van der Waals surface area contributed by atoms with Crippen LogP contribution in [-0.4, -0.2) is 41.4 Å². The Morgan fingerprint density at radius 2 is 1.97 bits per heavy atom. The SMILES string of the molecule is C[C@H](COc1ccc(Cc2nc(N)c(C(=O)c3cccc(F)c3)s2)cc1)N1CCCC1. The summed E-state index contributed by atoms with van der Waals surface area (Å²) in [7, 11) is 0. The summed E-state index contributed by atoms with van der Waals surface area (Å²) in [4.78, 5) is 19.8. The van der Waals surface area contributed by atoms with Gasteiger partial charge < -0.3 is 10.5 Å². The molecule has 4 rings (SSSR count). The van der Waals surface area contributed by atoms with E-state index < -0.39 is 5.82 Å². The number of rotatable bonds is 8. The Hall–Kier alpha value is -2.77. The van der Waals surface area contributed by atoms with Gasteiger partial charge in [0, 0.05) is 18.0 Å². The number of halogens is 1. The highest BCUT2D eigenvalue weighted by atomic mass is 32.1. The van der Waals surface area contributed by atoms with Crippen molar-refractivity contribution >= 4 is 22.9 Å². The number of nitrogens with zero attached hydrogens (tertiary/aromatic N) is 2. The highest BCUT2D eigenvalue weighted by molar-refractivity contribution is 7.14. The number of anilines is 1. The van der Waals surface area contributed by atoms with E-state index in [0.717, 1.165) is 29.4 Å².